The lowest BCUT2D eigenvalue weighted by Gasteiger charge is -2.21. The molecule has 0 aliphatic heterocycles. The average molecular weight is 352 g/mol. The summed E-state index contributed by atoms with van der Waals surface area (Å²) in [6, 6.07) is 7.63. The highest BCUT2D eigenvalue weighted by Crippen LogP contribution is 2.28. The van der Waals surface area contributed by atoms with E-state index < -0.39 is 0 Å². The second kappa shape index (κ2) is 8.08. The molecular weight excluding hydrogens is 328 g/mol. The van der Waals surface area contributed by atoms with Crippen LogP contribution in [0.25, 0.3) is 0 Å². The summed E-state index contributed by atoms with van der Waals surface area (Å²) >= 11 is 0. The number of nitrogens with zero attached hydrogens (tertiary/aromatic N) is 2. The predicted molar refractivity (Wildman–Crippen MR) is 99.8 cm³/mol. The lowest BCUT2D eigenvalue weighted by atomic mass is 10.0. The van der Waals surface area contributed by atoms with Gasteiger partial charge in [0.05, 0.1) is 17.8 Å². The maximum atomic E-state index is 12.8. The van der Waals surface area contributed by atoms with Crippen LogP contribution in [0.1, 0.15) is 47.9 Å². The van der Waals surface area contributed by atoms with Gasteiger partial charge >= 0.3 is 0 Å². The molecule has 0 unspecified atom stereocenters. The number of para-hydroxylation sites is 1. The Bertz CT molecular complexity index is 789. The second-order valence-corrected chi connectivity index (χ2v) is 6.66. The van der Waals surface area contributed by atoms with Crippen LogP contribution >= 0.6 is 0 Å². The number of hydrogen-bond acceptors (Lipinski definition) is 4. The van der Waals surface area contributed by atoms with E-state index in [9.17, 15) is 9.59 Å². The van der Waals surface area contributed by atoms with Gasteiger partial charge in [0, 0.05) is 17.9 Å². The summed E-state index contributed by atoms with van der Waals surface area (Å²) in [5, 5.41) is 5.99. The quantitative estimate of drug-likeness (QED) is 0.867. The van der Waals surface area contributed by atoms with E-state index in [-0.39, 0.29) is 29.5 Å². The molecule has 2 atom stereocenters. The van der Waals surface area contributed by atoms with Crippen LogP contribution in [-0.4, -0.2) is 27.8 Å². The van der Waals surface area contributed by atoms with Gasteiger partial charge in [0.1, 0.15) is 5.69 Å². The molecule has 2 aromatic rings. The highest BCUT2D eigenvalue weighted by molar-refractivity contribution is 5.96. The second-order valence-electron chi connectivity index (χ2n) is 6.66. The molecule has 1 fully saturated rings. The van der Waals surface area contributed by atoms with Crippen LogP contribution in [0.15, 0.2) is 36.7 Å². The highest BCUT2D eigenvalue weighted by atomic mass is 16.2. The number of benzene rings is 1. The SMILES string of the molecule is CCc1ccccc1NC(=O)[C@H]1CCC[C@H]1NC(=O)c1cnc(C)cn1. The van der Waals surface area contributed by atoms with Crippen molar-refractivity contribution < 1.29 is 9.59 Å². The first kappa shape index (κ1) is 18.0. The number of aryl methyl sites for hydroxylation is 2. The zero-order chi connectivity index (χ0) is 18.5. The molecule has 0 saturated heterocycles. The van der Waals surface area contributed by atoms with Gasteiger partial charge in [0.2, 0.25) is 5.91 Å². The van der Waals surface area contributed by atoms with Crippen molar-refractivity contribution in [2.24, 2.45) is 5.92 Å². The lowest BCUT2D eigenvalue weighted by molar-refractivity contribution is -0.120. The van der Waals surface area contributed by atoms with E-state index >= 15 is 0 Å². The lowest BCUT2D eigenvalue weighted by Crippen LogP contribution is -2.42. The number of aromatic nitrogens is 2. The monoisotopic (exact) mass is 352 g/mol. The fourth-order valence-electron chi connectivity index (χ4n) is 3.37. The summed E-state index contributed by atoms with van der Waals surface area (Å²) in [4.78, 5) is 33.4. The summed E-state index contributed by atoms with van der Waals surface area (Å²) in [5.41, 5.74) is 2.99. The van der Waals surface area contributed by atoms with Crippen molar-refractivity contribution in [2.75, 3.05) is 5.32 Å². The van der Waals surface area contributed by atoms with E-state index in [0.717, 1.165) is 42.6 Å². The largest absolute Gasteiger partial charge is 0.347 e. The number of carbonyl (C=O) groups is 2. The normalized spacial score (nSPS) is 19.2. The number of anilines is 1. The Labute approximate surface area is 153 Å². The molecule has 0 bridgehead atoms. The zero-order valence-corrected chi connectivity index (χ0v) is 15.2. The Balaban J connectivity index is 1.66. The number of nitrogens with one attached hydrogen (secondary N) is 2. The summed E-state index contributed by atoms with van der Waals surface area (Å²) in [6.45, 7) is 3.88. The molecule has 1 saturated carbocycles. The molecule has 1 aliphatic carbocycles. The van der Waals surface area contributed by atoms with Gasteiger partial charge in [-0.2, -0.15) is 0 Å². The minimum Gasteiger partial charge on any atom is -0.347 e. The summed E-state index contributed by atoms with van der Waals surface area (Å²) in [5.74, 6) is -0.554. The molecule has 3 rings (SSSR count). The third-order valence-corrected chi connectivity index (χ3v) is 4.84. The van der Waals surface area contributed by atoms with Crippen molar-refractivity contribution in [3.63, 3.8) is 0 Å². The van der Waals surface area contributed by atoms with E-state index in [4.69, 9.17) is 0 Å². The molecule has 0 radical (unpaired) electrons. The molecule has 2 N–H and O–H groups in total. The number of rotatable bonds is 5. The van der Waals surface area contributed by atoms with Crippen LogP contribution in [0.2, 0.25) is 0 Å². The van der Waals surface area contributed by atoms with Gasteiger partial charge in [-0.25, -0.2) is 4.98 Å². The van der Waals surface area contributed by atoms with Gasteiger partial charge in [-0.3, -0.25) is 14.6 Å². The van der Waals surface area contributed by atoms with Crippen LogP contribution in [-0.2, 0) is 11.2 Å². The van der Waals surface area contributed by atoms with Gasteiger partial charge in [-0.05, 0) is 37.8 Å². The summed E-state index contributed by atoms with van der Waals surface area (Å²) in [7, 11) is 0. The van der Waals surface area contributed by atoms with Crippen molar-refractivity contribution in [3.05, 3.63) is 53.6 Å². The standard InChI is InChI=1S/C20H24N4O2/c1-3-14-7-4-5-9-16(14)23-19(25)15-8-6-10-17(15)24-20(26)18-12-21-13(2)11-22-18/h4-5,7,9,11-12,15,17H,3,6,8,10H2,1-2H3,(H,23,25)(H,24,26)/t15-,17+/m0/s1. The fourth-order valence-corrected chi connectivity index (χ4v) is 3.37. The van der Waals surface area contributed by atoms with E-state index in [1.807, 2.05) is 31.2 Å². The van der Waals surface area contributed by atoms with Gasteiger partial charge in [-0.1, -0.05) is 31.5 Å². The molecule has 6 nitrogen and oxygen atoms in total. The van der Waals surface area contributed by atoms with E-state index in [1.54, 1.807) is 6.20 Å². The Hall–Kier alpha value is -2.76. The summed E-state index contributed by atoms with van der Waals surface area (Å²) < 4.78 is 0. The van der Waals surface area contributed by atoms with Crippen molar-refractivity contribution in [1.29, 1.82) is 0 Å². The van der Waals surface area contributed by atoms with Crippen LogP contribution in [0, 0.1) is 12.8 Å². The van der Waals surface area contributed by atoms with Gasteiger partial charge < -0.3 is 10.6 Å². The van der Waals surface area contributed by atoms with Crippen LogP contribution < -0.4 is 10.6 Å². The molecule has 1 aromatic carbocycles. The molecule has 1 aromatic heterocycles. The number of hydrogen-bond donors (Lipinski definition) is 2. The minimum absolute atomic E-state index is 0.0382. The van der Waals surface area contributed by atoms with E-state index in [0.29, 0.717) is 0 Å². The first-order chi connectivity index (χ1) is 12.6. The Morgan fingerprint density at radius 1 is 1.15 bits per heavy atom. The van der Waals surface area contributed by atoms with Crippen LogP contribution in [0.3, 0.4) is 0 Å². The Kier molecular flexibility index (Phi) is 5.61. The zero-order valence-electron chi connectivity index (χ0n) is 15.2. The average Bonchev–Trinajstić information content (AvgIpc) is 3.11. The summed E-state index contributed by atoms with van der Waals surface area (Å²) in [6.07, 6.45) is 6.36. The first-order valence-electron chi connectivity index (χ1n) is 9.06. The van der Waals surface area contributed by atoms with Crippen LogP contribution in [0.5, 0.6) is 0 Å². The van der Waals surface area contributed by atoms with Crippen molar-refractivity contribution in [3.8, 4) is 0 Å². The smallest absolute Gasteiger partial charge is 0.271 e. The van der Waals surface area contributed by atoms with Crippen molar-refractivity contribution >= 4 is 17.5 Å². The third kappa shape index (κ3) is 4.07. The first-order valence-corrected chi connectivity index (χ1v) is 9.06. The van der Waals surface area contributed by atoms with Crippen molar-refractivity contribution in [2.45, 2.75) is 45.6 Å². The molecule has 1 heterocycles. The molecule has 6 heteroatoms. The van der Waals surface area contributed by atoms with Gasteiger partial charge in [-0.15, -0.1) is 0 Å². The Morgan fingerprint density at radius 2 is 1.96 bits per heavy atom. The number of amides is 2. The number of carbonyl (C=O) groups excluding carboxylic acids is 2. The fraction of sp³-hybridized carbons (Fsp3) is 0.400. The topological polar surface area (TPSA) is 84.0 Å². The molecule has 136 valence electrons. The predicted octanol–water partition coefficient (Wildman–Crippen LogP) is 2.88. The molecular formula is C20H24N4O2. The van der Waals surface area contributed by atoms with E-state index in [2.05, 4.69) is 27.5 Å². The third-order valence-electron chi connectivity index (χ3n) is 4.84. The maximum absolute atomic E-state index is 12.8. The minimum atomic E-state index is -0.281. The van der Waals surface area contributed by atoms with Gasteiger partial charge in [0.15, 0.2) is 0 Å². The molecule has 0 spiro atoms. The molecule has 2 amide bonds. The Morgan fingerprint density at radius 3 is 2.69 bits per heavy atom. The van der Waals surface area contributed by atoms with Crippen LogP contribution in [0.4, 0.5) is 5.69 Å². The highest BCUT2D eigenvalue weighted by Gasteiger charge is 2.34. The molecule has 1 aliphatic rings. The maximum Gasteiger partial charge on any atom is 0.271 e. The van der Waals surface area contributed by atoms with Gasteiger partial charge in [0.25, 0.3) is 5.91 Å². The molecule has 26 heavy (non-hydrogen) atoms. The van der Waals surface area contributed by atoms with E-state index in [1.165, 1.54) is 6.20 Å². The van der Waals surface area contributed by atoms with Crippen molar-refractivity contribution in [1.82, 2.24) is 15.3 Å².